The van der Waals surface area contributed by atoms with Gasteiger partial charge in [0.05, 0.1) is 23.3 Å². The fourth-order valence-electron chi connectivity index (χ4n) is 2.73. The Hall–Kier alpha value is -3.03. The Balaban J connectivity index is 1.88. The molecule has 0 aliphatic rings. The zero-order chi connectivity index (χ0) is 21.0. The highest BCUT2D eigenvalue weighted by Crippen LogP contribution is 2.26. The minimum atomic E-state index is -3.80. The summed E-state index contributed by atoms with van der Waals surface area (Å²) in [6.45, 7) is 0. The Kier molecular flexibility index (Phi) is 6.10. The number of anilines is 2. The van der Waals surface area contributed by atoms with Crippen molar-refractivity contribution in [1.82, 2.24) is 0 Å². The summed E-state index contributed by atoms with van der Waals surface area (Å²) in [4.78, 5) is 12.7. The van der Waals surface area contributed by atoms with Gasteiger partial charge in [0, 0.05) is 17.8 Å². The predicted molar refractivity (Wildman–Crippen MR) is 114 cm³/mol. The van der Waals surface area contributed by atoms with Crippen LogP contribution in [0.3, 0.4) is 0 Å². The second-order valence-electron chi connectivity index (χ2n) is 6.13. The van der Waals surface area contributed by atoms with E-state index in [-0.39, 0.29) is 10.5 Å². The summed E-state index contributed by atoms with van der Waals surface area (Å²) in [7, 11) is -0.868. The van der Waals surface area contributed by atoms with E-state index < -0.39 is 15.9 Å². The van der Waals surface area contributed by atoms with Gasteiger partial charge in [-0.3, -0.25) is 9.10 Å². The van der Waals surface area contributed by atoms with Crippen LogP contribution in [0, 0.1) is 0 Å². The van der Waals surface area contributed by atoms with Crippen LogP contribution in [0.1, 0.15) is 10.4 Å². The molecule has 0 heterocycles. The molecule has 3 aromatic carbocycles. The summed E-state index contributed by atoms with van der Waals surface area (Å²) < 4.78 is 32.3. The van der Waals surface area contributed by atoms with Crippen molar-refractivity contribution in [2.24, 2.45) is 0 Å². The number of carbonyl (C=O) groups is 1. The Morgan fingerprint density at radius 2 is 1.72 bits per heavy atom. The summed E-state index contributed by atoms with van der Waals surface area (Å²) in [5, 5.41) is 3.08. The lowest BCUT2D eigenvalue weighted by Crippen LogP contribution is -2.26. The third-order valence-corrected chi connectivity index (χ3v) is 6.29. The minimum absolute atomic E-state index is 0.0553. The van der Waals surface area contributed by atoms with Crippen molar-refractivity contribution in [3.8, 4) is 5.75 Å². The van der Waals surface area contributed by atoms with Gasteiger partial charge < -0.3 is 10.1 Å². The smallest absolute Gasteiger partial charge is 0.264 e. The largest absolute Gasteiger partial charge is 0.496 e. The number of nitrogens with zero attached hydrogens (tertiary/aromatic N) is 1. The van der Waals surface area contributed by atoms with Crippen molar-refractivity contribution in [3.63, 3.8) is 0 Å². The van der Waals surface area contributed by atoms with Crippen LogP contribution in [-0.4, -0.2) is 28.5 Å². The number of hydrogen-bond acceptors (Lipinski definition) is 4. The van der Waals surface area contributed by atoms with E-state index in [0.717, 1.165) is 0 Å². The van der Waals surface area contributed by atoms with Crippen molar-refractivity contribution in [3.05, 3.63) is 83.4 Å². The van der Waals surface area contributed by atoms with Crippen molar-refractivity contribution >= 4 is 38.9 Å². The number of methoxy groups -OCH3 is 1. The first-order valence-corrected chi connectivity index (χ1v) is 10.4. The van der Waals surface area contributed by atoms with Crippen molar-refractivity contribution in [2.45, 2.75) is 4.90 Å². The van der Waals surface area contributed by atoms with Gasteiger partial charge in [0.1, 0.15) is 5.75 Å². The first-order chi connectivity index (χ1) is 13.8. The van der Waals surface area contributed by atoms with E-state index in [0.29, 0.717) is 22.1 Å². The molecule has 150 valence electrons. The molecule has 29 heavy (non-hydrogen) atoms. The second-order valence-corrected chi connectivity index (χ2v) is 8.54. The monoisotopic (exact) mass is 430 g/mol. The summed E-state index contributed by atoms with van der Waals surface area (Å²) in [5.41, 5.74) is 1.11. The molecule has 0 unspecified atom stereocenters. The predicted octanol–water partition coefficient (Wildman–Crippen LogP) is 4.43. The van der Waals surface area contributed by atoms with Gasteiger partial charge in [-0.05, 0) is 48.5 Å². The van der Waals surface area contributed by atoms with Gasteiger partial charge in [-0.15, -0.1) is 0 Å². The normalized spacial score (nSPS) is 11.0. The molecule has 1 N–H and O–H groups in total. The topological polar surface area (TPSA) is 75.7 Å². The zero-order valence-corrected chi connectivity index (χ0v) is 17.4. The zero-order valence-electron chi connectivity index (χ0n) is 15.8. The molecule has 0 aromatic heterocycles. The number of para-hydroxylation sites is 1. The van der Waals surface area contributed by atoms with Crippen LogP contribution in [0.15, 0.2) is 77.7 Å². The molecule has 0 radical (unpaired) electrons. The van der Waals surface area contributed by atoms with Gasteiger partial charge >= 0.3 is 0 Å². The molecule has 1 amide bonds. The van der Waals surface area contributed by atoms with Gasteiger partial charge in [0.25, 0.3) is 15.9 Å². The summed E-state index contributed by atoms with van der Waals surface area (Å²) in [6.07, 6.45) is 0. The van der Waals surface area contributed by atoms with Crippen LogP contribution in [0.4, 0.5) is 11.4 Å². The molecule has 0 saturated carbocycles. The number of halogens is 1. The van der Waals surface area contributed by atoms with Gasteiger partial charge in [0.2, 0.25) is 0 Å². The Labute approximate surface area is 174 Å². The van der Waals surface area contributed by atoms with Gasteiger partial charge in [-0.25, -0.2) is 8.42 Å². The van der Waals surface area contributed by atoms with E-state index in [9.17, 15) is 13.2 Å². The van der Waals surface area contributed by atoms with Gasteiger partial charge in [0.15, 0.2) is 0 Å². The number of ether oxygens (including phenoxy) is 1. The minimum Gasteiger partial charge on any atom is -0.496 e. The highest BCUT2D eigenvalue weighted by Gasteiger charge is 2.22. The summed E-state index contributed by atoms with van der Waals surface area (Å²) in [6, 6.07) is 19.5. The molecule has 0 fully saturated rings. The van der Waals surface area contributed by atoms with E-state index in [1.807, 2.05) is 6.07 Å². The first-order valence-electron chi connectivity index (χ1n) is 8.62. The molecule has 3 rings (SSSR count). The Bertz CT molecular complexity index is 1130. The number of rotatable bonds is 6. The number of benzene rings is 3. The van der Waals surface area contributed by atoms with E-state index in [1.54, 1.807) is 48.5 Å². The van der Waals surface area contributed by atoms with Crippen LogP contribution >= 0.6 is 11.6 Å². The molecule has 6 nitrogen and oxygen atoms in total. The van der Waals surface area contributed by atoms with Gasteiger partial charge in [-0.2, -0.15) is 0 Å². The van der Waals surface area contributed by atoms with Crippen LogP contribution in [0.25, 0.3) is 0 Å². The summed E-state index contributed by atoms with van der Waals surface area (Å²) in [5.74, 6) is -0.102. The summed E-state index contributed by atoms with van der Waals surface area (Å²) >= 11 is 5.98. The highest BCUT2D eigenvalue weighted by atomic mass is 35.5. The fraction of sp³-hybridized carbons (Fsp3) is 0.0952. The van der Waals surface area contributed by atoms with Crippen LogP contribution in [0.2, 0.25) is 5.02 Å². The fourth-order valence-corrected chi connectivity index (χ4v) is 4.14. The number of nitrogens with one attached hydrogen (secondary N) is 1. The molecule has 0 aliphatic carbocycles. The number of sulfonamides is 1. The van der Waals surface area contributed by atoms with E-state index in [2.05, 4.69) is 5.32 Å². The van der Waals surface area contributed by atoms with E-state index in [4.69, 9.17) is 16.3 Å². The molecule has 3 aromatic rings. The number of amides is 1. The van der Waals surface area contributed by atoms with Crippen molar-refractivity contribution in [2.75, 3.05) is 23.8 Å². The quantitative estimate of drug-likeness (QED) is 0.627. The molecule has 0 spiro atoms. The SMILES string of the molecule is COc1ccc(Cl)cc1C(=O)Nc1cccc(S(=O)(=O)N(C)c2ccccc2)c1. The highest BCUT2D eigenvalue weighted by molar-refractivity contribution is 7.92. The lowest BCUT2D eigenvalue weighted by atomic mass is 10.2. The van der Waals surface area contributed by atoms with Crippen LogP contribution in [0.5, 0.6) is 5.75 Å². The number of carbonyl (C=O) groups excluding carboxylic acids is 1. The molecule has 0 saturated heterocycles. The number of hydrogen-bond donors (Lipinski definition) is 1. The standard InChI is InChI=1S/C21H19ClN2O4S/c1-24(17-8-4-3-5-9-17)29(26,27)18-10-6-7-16(14-18)23-21(25)19-13-15(22)11-12-20(19)28-2/h3-14H,1-2H3,(H,23,25). The molecule has 8 heteroatoms. The lowest BCUT2D eigenvalue weighted by molar-refractivity contribution is 0.102. The van der Waals surface area contributed by atoms with Crippen LogP contribution < -0.4 is 14.4 Å². The average Bonchev–Trinajstić information content (AvgIpc) is 2.74. The van der Waals surface area contributed by atoms with Gasteiger partial charge in [-0.1, -0.05) is 35.9 Å². The lowest BCUT2D eigenvalue weighted by Gasteiger charge is -2.20. The third-order valence-electron chi connectivity index (χ3n) is 4.28. The molecule has 0 aliphatic heterocycles. The van der Waals surface area contributed by atoms with Crippen molar-refractivity contribution in [1.29, 1.82) is 0 Å². The average molecular weight is 431 g/mol. The molecule has 0 bridgehead atoms. The van der Waals surface area contributed by atoms with Crippen molar-refractivity contribution < 1.29 is 17.9 Å². The molecular formula is C21H19ClN2O4S. The molecular weight excluding hydrogens is 412 g/mol. The second kappa shape index (κ2) is 8.55. The Morgan fingerprint density at radius 3 is 2.41 bits per heavy atom. The first kappa shape index (κ1) is 20.7. The maximum absolute atomic E-state index is 13.0. The third kappa shape index (κ3) is 4.52. The van der Waals surface area contributed by atoms with Crippen LogP contribution in [-0.2, 0) is 10.0 Å². The Morgan fingerprint density at radius 1 is 1.00 bits per heavy atom. The van der Waals surface area contributed by atoms with E-state index >= 15 is 0 Å². The maximum Gasteiger partial charge on any atom is 0.264 e. The maximum atomic E-state index is 13.0. The molecule has 0 atom stereocenters. The van der Waals surface area contributed by atoms with E-state index in [1.165, 1.54) is 36.7 Å².